The van der Waals surface area contributed by atoms with E-state index in [1.807, 2.05) is 19.9 Å². The van der Waals surface area contributed by atoms with E-state index in [0.29, 0.717) is 40.9 Å². The zero-order valence-corrected chi connectivity index (χ0v) is 21.3. The lowest BCUT2D eigenvalue weighted by molar-refractivity contribution is -0.141. The van der Waals surface area contributed by atoms with Crippen LogP contribution in [-0.4, -0.2) is 40.4 Å². The van der Waals surface area contributed by atoms with Crippen LogP contribution in [0, 0.1) is 6.92 Å². The highest BCUT2D eigenvalue weighted by molar-refractivity contribution is 6.04. The average molecular weight is 536 g/mol. The summed E-state index contributed by atoms with van der Waals surface area (Å²) in [5.74, 6) is -0.674. The molecule has 11 heteroatoms. The molecule has 2 amide bonds. The van der Waals surface area contributed by atoms with E-state index in [1.165, 1.54) is 19.3 Å². The smallest absolute Gasteiger partial charge is 0.433 e. The Hall–Kier alpha value is -4.80. The number of hydrogen-bond acceptors (Lipinski definition) is 6. The first-order chi connectivity index (χ1) is 18.6. The number of aromatic nitrogens is 3. The topological polar surface area (TPSA) is 106 Å². The van der Waals surface area contributed by atoms with Crippen LogP contribution in [-0.2, 0) is 6.18 Å². The Balaban J connectivity index is 1.70. The third kappa shape index (κ3) is 6.20. The van der Waals surface area contributed by atoms with Gasteiger partial charge >= 0.3 is 6.18 Å². The van der Waals surface area contributed by atoms with Crippen molar-refractivity contribution in [3.63, 3.8) is 0 Å². The van der Waals surface area contributed by atoms with Crippen LogP contribution < -0.4 is 15.4 Å². The molecule has 2 N–H and O–H groups in total. The van der Waals surface area contributed by atoms with Crippen molar-refractivity contribution in [1.82, 2.24) is 20.3 Å². The van der Waals surface area contributed by atoms with Crippen molar-refractivity contribution in [2.75, 3.05) is 19.0 Å². The van der Waals surface area contributed by atoms with Gasteiger partial charge in [-0.1, -0.05) is 6.07 Å². The van der Waals surface area contributed by atoms with Gasteiger partial charge in [-0.25, -0.2) is 4.98 Å². The van der Waals surface area contributed by atoms with Crippen molar-refractivity contribution in [2.24, 2.45) is 0 Å². The van der Waals surface area contributed by atoms with Gasteiger partial charge in [0.15, 0.2) is 0 Å². The van der Waals surface area contributed by atoms with Crippen LogP contribution in [0.1, 0.15) is 39.0 Å². The van der Waals surface area contributed by atoms with Crippen LogP contribution in [0.4, 0.5) is 18.9 Å². The summed E-state index contributed by atoms with van der Waals surface area (Å²) in [7, 11) is 1.52. The summed E-state index contributed by atoms with van der Waals surface area (Å²) in [6, 6.07) is 12.3. The van der Waals surface area contributed by atoms with Crippen molar-refractivity contribution < 1.29 is 27.5 Å². The van der Waals surface area contributed by atoms with E-state index in [-0.39, 0.29) is 17.2 Å². The van der Waals surface area contributed by atoms with E-state index in [2.05, 4.69) is 25.6 Å². The first-order valence-electron chi connectivity index (χ1n) is 11.9. The maximum absolute atomic E-state index is 13.0. The summed E-state index contributed by atoms with van der Waals surface area (Å²) in [4.78, 5) is 36.7. The van der Waals surface area contributed by atoms with Crippen molar-refractivity contribution in [2.45, 2.75) is 20.0 Å². The molecule has 0 unspecified atom stereocenters. The Labute approximate surface area is 222 Å². The molecule has 39 heavy (non-hydrogen) atoms. The molecule has 0 aliphatic rings. The van der Waals surface area contributed by atoms with Crippen molar-refractivity contribution in [3.05, 3.63) is 89.6 Å². The molecule has 3 heterocycles. The zero-order chi connectivity index (χ0) is 28.2. The van der Waals surface area contributed by atoms with Crippen LogP contribution in [0.5, 0.6) is 5.88 Å². The van der Waals surface area contributed by atoms with Crippen molar-refractivity contribution in [1.29, 1.82) is 0 Å². The summed E-state index contributed by atoms with van der Waals surface area (Å²) in [6.07, 6.45) is -0.573. The number of hydrogen-bond donors (Lipinski definition) is 2. The Bertz CT molecular complexity index is 1540. The lowest BCUT2D eigenvalue weighted by Crippen LogP contribution is -2.19. The number of rotatable bonds is 7. The maximum Gasteiger partial charge on any atom is 0.433 e. The summed E-state index contributed by atoms with van der Waals surface area (Å²) < 4.78 is 44.8. The normalized spacial score (nSPS) is 11.1. The number of halogens is 3. The number of aryl methyl sites for hydroxylation is 1. The molecule has 0 aliphatic carbocycles. The van der Waals surface area contributed by atoms with Crippen LogP contribution in [0.3, 0.4) is 0 Å². The molecule has 3 aromatic heterocycles. The molecule has 0 radical (unpaired) electrons. The Morgan fingerprint density at radius 1 is 0.897 bits per heavy atom. The third-order valence-electron chi connectivity index (χ3n) is 5.78. The minimum absolute atomic E-state index is 0.172. The average Bonchev–Trinajstić information content (AvgIpc) is 2.93. The number of pyridine rings is 3. The number of nitrogens with one attached hydrogen (secondary N) is 2. The fraction of sp³-hybridized carbons (Fsp3) is 0.179. The zero-order valence-electron chi connectivity index (χ0n) is 21.3. The molecule has 0 bridgehead atoms. The molecule has 0 aliphatic heterocycles. The van der Waals surface area contributed by atoms with E-state index < -0.39 is 17.8 Å². The predicted molar refractivity (Wildman–Crippen MR) is 139 cm³/mol. The number of ether oxygens (including phenoxy) is 1. The highest BCUT2D eigenvalue weighted by atomic mass is 19.4. The highest BCUT2D eigenvalue weighted by Gasteiger charge is 2.33. The van der Waals surface area contributed by atoms with Gasteiger partial charge in [0, 0.05) is 48.0 Å². The Morgan fingerprint density at radius 3 is 2.38 bits per heavy atom. The SMILES string of the molecule is CCOc1ncc(-c2cc(NC(=O)c3ccnc(C(F)(F)F)c3)ccc2C)cc1-c1ccnc(C(=O)NC)c1. The quantitative estimate of drug-likeness (QED) is 0.322. The largest absolute Gasteiger partial charge is 0.478 e. The van der Waals surface area contributed by atoms with E-state index in [4.69, 9.17) is 4.74 Å². The van der Waals surface area contributed by atoms with E-state index in [0.717, 1.165) is 17.3 Å². The minimum atomic E-state index is -4.67. The van der Waals surface area contributed by atoms with Gasteiger partial charge in [-0.2, -0.15) is 13.2 Å². The van der Waals surface area contributed by atoms with Gasteiger partial charge in [-0.3, -0.25) is 19.6 Å². The number of nitrogens with zero attached hydrogens (tertiary/aromatic N) is 3. The second-order valence-corrected chi connectivity index (χ2v) is 8.43. The van der Waals surface area contributed by atoms with Crippen molar-refractivity contribution in [3.8, 4) is 28.1 Å². The molecule has 0 atom stereocenters. The lowest BCUT2D eigenvalue weighted by atomic mass is 9.97. The van der Waals surface area contributed by atoms with E-state index >= 15 is 0 Å². The first-order valence-corrected chi connectivity index (χ1v) is 11.9. The Morgan fingerprint density at radius 2 is 1.67 bits per heavy atom. The van der Waals surface area contributed by atoms with Gasteiger partial charge < -0.3 is 15.4 Å². The minimum Gasteiger partial charge on any atom is -0.478 e. The van der Waals surface area contributed by atoms with Crippen LogP contribution in [0.2, 0.25) is 0 Å². The summed E-state index contributed by atoms with van der Waals surface area (Å²) >= 11 is 0. The molecule has 200 valence electrons. The monoisotopic (exact) mass is 535 g/mol. The summed E-state index contributed by atoms with van der Waals surface area (Å²) in [5, 5.41) is 5.19. The maximum atomic E-state index is 13.0. The van der Waals surface area contributed by atoms with Gasteiger partial charge in [0.05, 0.1) is 6.61 Å². The number of carbonyl (C=O) groups is 2. The summed E-state index contributed by atoms with van der Waals surface area (Å²) in [5.41, 5.74) is 2.89. The molecule has 0 spiro atoms. The highest BCUT2D eigenvalue weighted by Crippen LogP contribution is 2.35. The summed E-state index contributed by atoms with van der Waals surface area (Å²) in [6.45, 7) is 4.09. The van der Waals surface area contributed by atoms with Crippen molar-refractivity contribution >= 4 is 17.5 Å². The van der Waals surface area contributed by atoms with E-state index in [9.17, 15) is 22.8 Å². The molecule has 4 rings (SSSR count). The van der Waals surface area contributed by atoms with Gasteiger partial charge in [0.1, 0.15) is 11.4 Å². The van der Waals surface area contributed by atoms with Gasteiger partial charge in [0.2, 0.25) is 5.88 Å². The second kappa shape index (κ2) is 11.3. The predicted octanol–water partition coefficient (Wildman–Crippen LogP) is 5.54. The third-order valence-corrected chi connectivity index (χ3v) is 5.78. The van der Waals surface area contributed by atoms with Crippen LogP contribution in [0.25, 0.3) is 22.3 Å². The standard InChI is InChI=1S/C28H24F3N5O3/c1-4-39-27-22(17-7-9-33-23(12-17)26(38)32-3)11-19(15-35-27)21-14-20(6-5-16(21)2)36-25(37)18-8-10-34-24(13-18)28(29,30)31/h5-15H,4H2,1-3H3,(H,32,38)(H,36,37). The lowest BCUT2D eigenvalue weighted by Gasteiger charge is -2.15. The fourth-order valence-corrected chi connectivity index (χ4v) is 3.85. The van der Waals surface area contributed by atoms with Crippen LogP contribution >= 0.6 is 0 Å². The molecular weight excluding hydrogens is 511 g/mol. The molecule has 0 saturated carbocycles. The number of benzene rings is 1. The number of alkyl halides is 3. The first kappa shape index (κ1) is 27.2. The van der Waals surface area contributed by atoms with Gasteiger partial charge in [0.25, 0.3) is 11.8 Å². The molecule has 8 nitrogen and oxygen atoms in total. The molecule has 0 saturated heterocycles. The van der Waals surface area contributed by atoms with Gasteiger partial charge in [-0.05, 0) is 73.0 Å². The van der Waals surface area contributed by atoms with Crippen LogP contribution in [0.15, 0.2) is 67.1 Å². The number of anilines is 1. The second-order valence-electron chi connectivity index (χ2n) is 8.43. The Kier molecular flexibility index (Phi) is 7.89. The van der Waals surface area contributed by atoms with E-state index in [1.54, 1.807) is 36.5 Å². The van der Waals surface area contributed by atoms with Gasteiger partial charge in [-0.15, -0.1) is 0 Å². The fourth-order valence-electron chi connectivity index (χ4n) is 3.85. The number of carbonyl (C=O) groups excluding carboxylic acids is 2. The number of amides is 2. The molecule has 4 aromatic rings. The molecule has 1 aromatic carbocycles. The molecule has 0 fully saturated rings. The molecular formula is C28H24F3N5O3.